The number of nitrogens with one attached hydrogen (secondary N) is 1. The molecule has 0 fully saturated rings. The van der Waals surface area contributed by atoms with E-state index in [0.717, 1.165) is 6.54 Å². The van der Waals surface area contributed by atoms with E-state index in [-0.39, 0.29) is 5.97 Å². The molecule has 0 saturated carbocycles. The maximum absolute atomic E-state index is 11.6. The highest BCUT2D eigenvalue weighted by Crippen LogP contribution is 2.18. The van der Waals surface area contributed by atoms with Gasteiger partial charge in [-0.2, -0.15) is 0 Å². The Kier molecular flexibility index (Phi) is 5.12. The lowest BCUT2D eigenvalue weighted by atomic mass is 9.93. The second-order valence-electron chi connectivity index (χ2n) is 5.86. The first-order valence-electron chi connectivity index (χ1n) is 6.64. The molecule has 1 rings (SSSR count). The number of aryl methyl sites for hydroxylation is 3. The number of carbonyl (C=O) groups excluding carboxylic acids is 1. The number of ether oxygens (including phenoxy) is 1. The number of hydrogen-bond acceptors (Lipinski definition) is 3. The summed E-state index contributed by atoms with van der Waals surface area (Å²) in [6.07, 6.45) is 0. The largest absolute Gasteiger partial charge is 0.469 e. The highest BCUT2D eigenvalue weighted by atomic mass is 16.5. The Balaban J connectivity index is 2.66. The predicted molar refractivity (Wildman–Crippen MR) is 78.2 cm³/mol. The molecule has 0 radical (unpaired) electrons. The van der Waals surface area contributed by atoms with Crippen LogP contribution in [0.2, 0.25) is 0 Å². The van der Waals surface area contributed by atoms with Gasteiger partial charge in [0.05, 0.1) is 12.5 Å². The fraction of sp³-hybridized carbons (Fsp3) is 0.562. The van der Waals surface area contributed by atoms with Crippen molar-refractivity contribution in [2.24, 2.45) is 5.41 Å². The first-order valence-corrected chi connectivity index (χ1v) is 6.64. The van der Waals surface area contributed by atoms with E-state index in [9.17, 15) is 4.79 Å². The number of hydrogen-bond donors (Lipinski definition) is 1. The van der Waals surface area contributed by atoms with Crippen LogP contribution in [0.1, 0.15) is 36.1 Å². The van der Waals surface area contributed by atoms with Gasteiger partial charge in [0.15, 0.2) is 0 Å². The first-order chi connectivity index (χ1) is 8.77. The summed E-state index contributed by atoms with van der Waals surface area (Å²) in [5.41, 5.74) is 4.68. The van der Waals surface area contributed by atoms with E-state index in [1.807, 2.05) is 13.8 Å². The summed E-state index contributed by atoms with van der Waals surface area (Å²) >= 11 is 0. The fourth-order valence-electron chi connectivity index (χ4n) is 2.34. The molecule has 19 heavy (non-hydrogen) atoms. The summed E-state index contributed by atoms with van der Waals surface area (Å²) in [5.74, 6) is -0.183. The third kappa shape index (κ3) is 4.06. The Morgan fingerprint density at radius 2 is 1.74 bits per heavy atom. The highest BCUT2D eigenvalue weighted by molar-refractivity contribution is 5.76. The van der Waals surface area contributed by atoms with Gasteiger partial charge in [0.2, 0.25) is 0 Å². The van der Waals surface area contributed by atoms with Crippen molar-refractivity contribution in [1.82, 2.24) is 5.32 Å². The summed E-state index contributed by atoms with van der Waals surface area (Å²) in [5, 5.41) is 3.36. The lowest BCUT2D eigenvalue weighted by molar-refractivity contribution is -0.150. The molecule has 0 spiro atoms. The molecule has 0 atom stereocenters. The minimum absolute atomic E-state index is 0.183. The van der Waals surface area contributed by atoms with Crippen molar-refractivity contribution < 1.29 is 9.53 Å². The van der Waals surface area contributed by atoms with E-state index in [4.69, 9.17) is 4.74 Å². The predicted octanol–water partition coefficient (Wildman–Crippen LogP) is 2.90. The SMILES string of the molecule is COC(=O)C(C)(C)CNCc1c(C)cc(C)cc1C. The van der Waals surface area contributed by atoms with Crippen LogP contribution >= 0.6 is 0 Å². The number of carbonyl (C=O) groups is 1. The van der Waals surface area contributed by atoms with Gasteiger partial charge in [0, 0.05) is 13.1 Å². The zero-order chi connectivity index (χ0) is 14.6. The minimum Gasteiger partial charge on any atom is -0.469 e. The minimum atomic E-state index is -0.499. The molecular formula is C16H25NO2. The van der Waals surface area contributed by atoms with E-state index in [1.54, 1.807) is 0 Å². The molecular weight excluding hydrogens is 238 g/mol. The van der Waals surface area contributed by atoms with E-state index in [0.29, 0.717) is 6.54 Å². The van der Waals surface area contributed by atoms with Crippen molar-refractivity contribution in [1.29, 1.82) is 0 Å². The van der Waals surface area contributed by atoms with Gasteiger partial charge in [-0.05, 0) is 51.3 Å². The molecule has 1 N–H and O–H groups in total. The molecule has 0 heterocycles. The van der Waals surface area contributed by atoms with Crippen LogP contribution in [0.15, 0.2) is 12.1 Å². The van der Waals surface area contributed by atoms with Gasteiger partial charge < -0.3 is 10.1 Å². The molecule has 0 amide bonds. The second-order valence-corrected chi connectivity index (χ2v) is 5.86. The van der Waals surface area contributed by atoms with Crippen LogP contribution in [0, 0.1) is 26.2 Å². The van der Waals surface area contributed by atoms with E-state index >= 15 is 0 Å². The Morgan fingerprint density at radius 3 is 2.21 bits per heavy atom. The fourth-order valence-corrected chi connectivity index (χ4v) is 2.34. The van der Waals surface area contributed by atoms with E-state index < -0.39 is 5.41 Å². The molecule has 106 valence electrons. The van der Waals surface area contributed by atoms with Gasteiger partial charge in [-0.25, -0.2) is 0 Å². The molecule has 0 aromatic heterocycles. The van der Waals surface area contributed by atoms with Gasteiger partial charge in [-0.15, -0.1) is 0 Å². The summed E-state index contributed by atoms with van der Waals surface area (Å²) in [6.45, 7) is 11.5. The molecule has 0 aliphatic heterocycles. The van der Waals surface area contributed by atoms with Crippen molar-refractivity contribution in [3.8, 4) is 0 Å². The zero-order valence-electron chi connectivity index (χ0n) is 12.9. The summed E-state index contributed by atoms with van der Waals surface area (Å²) in [7, 11) is 1.43. The lowest BCUT2D eigenvalue weighted by Gasteiger charge is -2.22. The smallest absolute Gasteiger partial charge is 0.312 e. The molecule has 0 aliphatic carbocycles. The molecule has 1 aromatic rings. The van der Waals surface area contributed by atoms with E-state index in [2.05, 4.69) is 38.2 Å². The molecule has 1 aromatic carbocycles. The molecule has 3 heteroatoms. The molecule has 0 unspecified atom stereocenters. The Labute approximate surface area is 116 Å². The zero-order valence-corrected chi connectivity index (χ0v) is 12.9. The topological polar surface area (TPSA) is 38.3 Å². The summed E-state index contributed by atoms with van der Waals surface area (Å²) in [4.78, 5) is 11.6. The van der Waals surface area contributed by atoms with Crippen molar-refractivity contribution in [3.05, 3.63) is 34.4 Å². The van der Waals surface area contributed by atoms with Crippen molar-refractivity contribution in [2.45, 2.75) is 41.2 Å². The standard InChI is InChI=1S/C16H25NO2/c1-11-7-12(2)14(13(3)8-11)9-17-10-16(4,5)15(18)19-6/h7-8,17H,9-10H2,1-6H3. The average molecular weight is 263 g/mol. The van der Waals surface area contributed by atoms with Gasteiger partial charge in [-0.1, -0.05) is 17.7 Å². The first kappa shape index (κ1) is 15.7. The van der Waals surface area contributed by atoms with Gasteiger partial charge in [-0.3, -0.25) is 4.79 Å². The van der Waals surface area contributed by atoms with Gasteiger partial charge >= 0.3 is 5.97 Å². The highest BCUT2D eigenvalue weighted by Gasteiger charge is 2.28. The maximum Gasteiger partial charge on any atom is 0.312 e. The van der Waals surface area contributed by atoms with Crippen LogP contribution in [0.4, 0.5) is 0 Å². The van der Waals surface area contributed by atoms with Gasteiger partial charge in [0.1, 0.15) is 0 Å². The van der Waals surface area contributed by atoms with Crippen LogP contribution in [-0.2, 0) is 16.1 Å². The Bertz CT molecular complexity index is 441. The quantitative estimate of drug-likeness (QED) is 0.830. The van der Waals surface area contributed by atoms with Crippen LogP contribution in [0.5, 0.6) is 0 Å². The van der Waals surface area contributed by atoms with E-state index in [1.165, 1.54) is 29.4 Å². The lowest BCUT2D eigenvalue weighted by Crippen LogP contribution is -2.36. The van der Waals surface area contributed by atoms with Gasteiger partial charge in [0.25, 0.3) is 0 Å². The van der Waals surface area contributed by atoms with Crippen molar-refractivity contribution >= 4 is 5.97 Å². The van der Waals surface area contributed by atoms with Crippen molar-refractivity contribution in [2.75, 3.05) is 13.7 Å². The summed E-state index contributed by atoms with van der Waals surface area (Å²) in [6, 6.07) is 4.38. The number of rotatable bonds is 5. The van der Waals surface area contributed by atoms with Crippen LogP contribution < -0.4 is 5.32 Å². The third-order valence-electron chi connectivity index (χ3n) is 3.45. The third-order valence-corrected chi connectivity index (χ3v) is 3.45. The van der Waals surface area contributed by atoms with Crippen LogP contribution in [0.25, 0.3) is 0 Å². The van der Waals surface area contributed by atoms with Crippen LogP contribution in [0.3, 0.4) is 0 Å². The van der Waals surface area contributed by atoms with Crippen molar-refractivity contribution in [3.63, 3.8) is 0 Å². The molecule has 0 aliphatic rings. The average Bonchev–Trinajstić information content (AvgIpc) is 2.31. The maximum atomic E-state index is 11.6. The summed E-state index contributed by atoms with van der Waals surface area (Å²) < 4.78 is 4.80. The Morgan fingerprint density at radius 1 is 1.21 bits per heavy atom. The second kappa shape index (κ2) is 6.20. The molecule has 0 bridgehead atoms. The number of benzene rings is 1. The normalized spacial score (nSPS) is 11.5. The Hall–Kier alpha value is -1.35. The molecule has 0 saturated heterocycles. The van der Waals surface area contributed by atoms with Crippen LogP contribution in [-0.4, -0.2) is 19.6 Å². The number of esters is 1. The molecule has 3 nitrogen and oxygen atoms in total. The number of methoxy groups -OCH3 is 1. The monoisotopic (exact) mass is 263 g/mol.